The molecule has 0 aromatic heterocycles. The molecule has 1 aromatic carbocycles. The minimum atomic E-state index is -3.90. The summed E-state index contributed by atoms with van der Waals surface area (Å²) in [5.41, 5.74) is 0.918. The highest BCUT2D eigenvalue weighted by Crippen LogP contribution is 2.57. The van der Waals surface area contributed by atoms with Gasteiger partial charge in [-0.05, 0) is 18.4 Å². The van der Waals surface area contributed by atoms with Crippen molar-refractivity contribution >= 4 is 7.82 Å². The Labute approximate surface area is 88.5 Å². The van der Waals surface area contributed by atoms with Gasteiger partial charge in [-0.25, -0.2) is 4.57 Å². The van der Waals surface area contributed by atoms with E-state index in [0.29, 0.717) is 11.5 Å². The van der Waals surface area contributed by atoms with Crippen LogP contribution in [0.5, 0.6) is 11.5 Å². The lowest BCUT2D eigenvalue weighted by atomic mass is 9.97. The Morgan fingerprint density at radius 1 is 1.47 bits per heavy atom. The summed E-state index contributed by atoms with van der Waals surface area (Å²) in [6.45, 7) is 4.10. The quantitative estimate of drug-likeness (QED) is 0.790. The molecule has 0 amide bonds. The van der Waals surface area contributed by atoms with E-state index < -0.39 is 7.82 Å². The summed E-state index contributed by atoms with van der Waals surface area (Å²) in [6.07, 6.45) is 0.940. The lowest BCUT2D eigenvalue weighted by Gasteiger charge is -2.10. The van der Waals surface area contributed by atoms with Crippen LogP contribution in [0.25, 0.3) is 0 Å². The van der Waals surface area contributed by atoms with Crippen molar-refractivity contribution in [3.8, 4) is 11.5 Å². The second kappa shape index (κ2) is 3.54. The van der Waals surface area contributed by atoms with Gasteiger partial charge in [0.1, 0.15) is 0 Å². The predicted molar refractivity (Wildman–Crippen MR) is 56.2 cm³/mol. The van der Waals surface area contributed by atoms with Gasteiger partial charge >= 0.3 is 7.82 Å². The van der Waals surface area contributed by atoms with E-state index in [1.807, 2.05) is 13.0 Å². The molecule has 0 aliphatic carbocycles. The number of phosphoric acid groups is 1. The average molecular weight is 228 g/mol. The van der Waals surface area contributed by atoms with E-state index in [4.69, 9.17) is 9.05 Å². The van der Waals surface area contributed by atoms with Crippen molar-refractivity contribution in [1.29, 1.82) is 0 Å². The molecule has 0 saturated heterocycles. The zero-order valence-electron chi connectivity index (χ0n) is 8.64. The maximum absolute atomic E-state index is 11.2. The van der Waals surface area contributed by atoms with Crippen LogP contribution in [0.3, 0.4) is 0 Å². The molecule has 1 heterocycles. The van der Waals surface area contributed by atoms with Crippen molar-refractivity contribution in [3.05, 3.63) is 23.8 Å². The molecule has 5 heteroatoms. The molecule has 2 rings (SSSR count). The minimum absolute atomic E-state index is 0.279. The lowest BCUT2D eigenvalue weighted by Crippen LogP contribution is -1.94. The van der Waals surface area contributed by atoms with Crippen LogP contribution in [0.2, 0.25) is 0 Å². The van der Waals surface area contributed by atoms with Crippen LogP contribution in [-0.2, 0) is 4.57 Å². The largest absolute Gasteiger partial charge is 0.585 e. The van der Waals surface area contributed by atoms with Crippen LogP contribution in [0.1, 0.15) is 31.7 Å². The molecule has 0 fully saturated rings. The molecule has 82 valence electrons. The van der Waals surface area contributed by atoms with Gasteiger partial charge in [0, 0.05) is 5.56 Å². The highest BCUT2D eigenvalue weighted by molar-refractivity contribution is 7.48. The Morgan fingerprint density at radius 3 is 2.87 bits per heavy atom. The molecule has 0 bridgehead atoms. The maximum Gasteiger partial charge on any atom is 0.585 e. The van der Waals surface area contributed by atoms with Crippen molar-refractivity contribution in [2.45, 2.75) is 26.2 Å². The maximum atomic E-state index is 11.2. The van der Waals surface area contributed by atoms with Crippen LogP contribution in [-0.4, -0.2) is 4.89 Å². The fourth-order valence-corrected chi connectivity index (χ4v) is 2.42. The first kappa shape index (κ1) is 10.5. The molecule has 2 atom stereocenters. The van der Waals surface area contributed by atoms with Gasteiger partial charge in [0.05, 0.1) is 0 Å². The second-order valence-corrected chi connectivity index (χ2v) is 4.94. The molecule has 4 nitrogen and oxygen atoms in total. The summed E-state index contributed by atoms with van der Waals surface area (Å²) in [5.74, 6) is 1.05. The molecular formula is C10H13O4P. The average Bonchev–Trinajstić information content (AvgIpc) is 2.49. The summed E-state index contributed by atoms with van der Waals surface area (Å²) in [7, 11) is -3.90. The number of benzene rings is 1. The zero-order chi connectivity index (χ0) is 11.1. The lowest BCUT2D eigenvalue weighted by molar-refractivity contribution is 0.323. The van der Waals surface area contributed by atoms with E-state index in [2.05, 4.69) is 6.92 Å². The highest BCUT2D eigenvalue weighted by atomic mass is 31.2. The first-order valence-corrected chi connectivity index (χ1v) is 6.38. The molecule has 1 aliphatic rings. The van der Waals surface area contributed by atoms with Crippen LogP contribution in [0.15, 0.2) is 18.2 Å². The molecule has 0 saturated carbocycles. The Kier molecular flexibility index (Phi) is 2.49. The number of hydrogen-bond donors (Lipinski definition) is 1. The molecule has 2 unspecified atom stereocenters. The first-order valence-electron chi connectivity index (χ1n) is 4.88. The summed E-state index contributed by atoms with van der Waals surface area (Å²) in [6, 6.07) is 5.33. The van der Waals surface area contributed by atoms with E-state index in [1.165, 1.54) is 0 Å². The van der Waals surface area contributed by atoms with E-state index >= 15 is 0 Å². The SMILES string of the molecule is CCC(C)c1cccc2c1OP(=O)(O)O2. The third kappa shape index (κ3) is 1.87. The van der Waals surface area contributed by atoms with E-state index in [9.17, 15) is 9.46 Å². The third-order valence-electron chi connectivity index (χ3n) is 2.57. The number of fused-ring (bicyclic) bond motifs is 1. The van der Waals surface area contributed by atoms with Gasteiger partial charge in [0.25, 0.3) is 0 Å². The Bertz CT molecular complexity index is 429. The molecule has 0 spiro atoms. The fraction of sp³-hybridized carbons (Fsp3) is 0.400. The van der Waals surface area contributed by atoms with Gasteiger partial charge in [-0.15, -0.1) is 0 Å². The van der Waals surface area contributed by atoms with Crippen molar-refractivity contribution < 1.29 is 18.5 Å². The van der Waals surface area contributed by atoms with Crippen molar-refractivity contribution in [2.75, 3.05) is 0 Å². The monoisotopic (exact) mass is 228 g/mol. The molecule has 1 N–H and O–H groups in total. The van der Waals surface area contributed by atoms with Crippen molar-refractivity contribution in [1.82, 2.24) is 0 Å². The van der Waals surface area contributed by atoms with Gasteiger partial charge in [-0.3, -0.25) is 4.89 Å². The number of hydrogen-bond acceptors (Lipinski definition) is 3. The smallest absolute Gasteiger partial charge is 0.391 e. The molecular weight excluding hydrogens is 215 g/mol. The second-order valence-electron chi connectivity index (χ2n) is 3.63. The molecule has 1 aromatic rings. The summed E-state index contributed by atoms with van der Waals surface area (Å²) in [5, 5.41) is 0. The molecule has 0 radical (unpaired) electrons. The summed E-state index contributed by atoms with van der Waals surface area (Å²) < 4.78 is 21.0. The number of phosphoric ester groups is 1. The van der Waals surface area contributed by atoms with Gasteiger partial charge in [0.2, 0.25) is 0 Å². The predicted octanol–water partition coefficient (Wildman–Crippen LogP) is 3.07. The fourth-order valence-electron chi connectivity index (χ4n) is 1.57. The Hall–Kier alpha value is -0.990. The van der Waals surface area contributed by atoms with E-state index in [-0.39, 0.29) is 5.92 Å². The Balaban J connectivity index is 2.46. The summed E-state index contributed by atoms with van der Waals surface area (Å²) >= 11 is 0. The number of para-hydroxylation sites is 1. The topological polar surface area (TPSA) is 55.8 Å². The number of rotatable bonds is 2. The molecule has 15 heavy (non-hydrogen) atoms. The van der Waals surface area contributed by atoms with Gasteiger partial charge in [-0.1, -0.05) is 26.0 Å². The minimum Gasteiger partial charge on any atom is -0.391 e. The molecule has 1 aliphatic heterocycles. The normalized spacial score (nSPS) is 25.3. The standard InChI is InChI=1S/C10H13O4P/c1-3-7(2)8-5-4-6-9-10(8)14-15(11,12)13-9/h4-7H,3H2,1-2H3,(H,11,12). The Morgan fingerprint density at radius 2 is 2.20 bits per heavy atom. The van der Waals surface area contributed by atoms with E-state index in [1.54, 1.807) is 12.1 Å². The highest BCUT2D eigenvalue weighted by Gasteiger charge is 2.36. The van der Waals surface area contributed by atoms with Crippen LogP contribution < -0.4 is 9.05 Å². The zero-order valence-corrected chi connectivity index (χ0v) is 9.53. The van der Waals surface area contributed by atoms with Gasteiger partial charge < -0.3 is 9.05 Å². The van der Waals surface area contributed by atoms with Crippen LogP contribution >= 0.6 is 7.82 Å². The first-order chi connectivity index (χ1) is 7.03. The van der Waals surface area contributed by atoms with E-state index in [0.717, 1.165) is 12.0 Å². The van der Waals surface area contributed by atoms with Crippen molar-refractivity contribution in [3.63, 3.8) is 0 Å². The third-order valence-corrected chi connectivity index (χ3v) is 3.41. The summed E-state index contributed by atoms with van der Waals surface area (Å²) in [4.78, 5) is 9.21. The van der Waals surface area contributed by atoms with Crippen LogP contribution in [0, 0.1) is 0 Å². The van der Waals surface area contributed by atoms with Gasteiger partial charge in [0.15, 0.2) is 11.5 Å². The van der Waals surface area contributed by atoms with Gasteiger partial charge in [-0.2, -0.15) is 0 Å². The van der Waals surface area contributed by atoms with Crippen molar-refractivity contribution in [2.24, 2.45) is 0 Å². The van der Waals surface area contributed by atoms with Crippen LogP contribution in [0.4, 0.5) is 0 Å².